The van der Waals surface area contributed by atoms with Crippen molar-refractivity contribution >= 4 is 11.3 Å². The molecule has 1 N–H and O–H groups in total. The molecule has 2 heterocycles. The van der Waals surface area contributed by atoms with Crippen LogP contribution < -0.4 is 5.32 Å². The molecule has 4 nitrogen and oxygen atoms in total. The fraction of sp³-hybridized carbons (Fsp3) is 0.533. The fourth-order valence-corrected chi connectivity index (χ4v) is 2.92. The van der Waals surface area contributed by atoms with E-state index in [1.807, 2.05) is 0 Å². The molecule has 20 heavy (non-hydrogen) atoms. The van der Waals surface area contributed by atoms with Gasteiger partial charge in [0.2, 0.25) is 0 Å². The first kappa shape index (κ1) is 15.1. The van der Waals surface area contributed by atoms with E-state index in [1.54, 1.807) is 29.9 Å². The predicted molar refractivity (Wildman–Crippen MR) is 83.8 cm³/mol. The first-order chi connectivity index (χ1) is 9.37. The Hall–Kier alpha value is -1.33. The summed E-state index contributed by atoms with van der Waals surface area (Å²) >= 11 is 1.71. The lowest BCUT2D eigenvalue weighted by Gasteiger charge is -2.20. The van der Waals surface area contributed by atoms with Gasteiger partial charge in [0, 0.05) is 29.4 Å². The standard InChI is InChI=1S/C15H22N4S/c1-10(2)13-12(9-18-15(3,4)5)20-14(19-13)11-8-16-6-7-17-11/h6-8,10,18H,9H2,1-5H3. The number of hydrogen-bond acceptors (Lipinski definition) is 5. The van der Waals surface area contributed by atoms with Gasteiger partial charge in [-0.3, -0.25) is 9.97 Å². The van der Waals surface area contributed by atoms with E-state index in [9.17, 15) is 0 Å². The lowest BCUT2D eigenvalue weighted by atomic mass is 10.1. The average Bonchev–Trinajstić information content (AvgIpc) is 2.81. The van der Waals surface area contributed by atoms with Crippen molar-refractivity contribution in [3.63, 3.8) is 0 Å². The second-order valence-corrected chi connectivity index (χ2v) is 7.26. The highest BCUT2D eigenvalue weighted by Crippen LogP contribution is 2.30. The first-order valence-electron chi connectivity index (χ1n) is 6.88. The summed E-state index contributed by atoms with van der Waals surface area (Å²) in [7, 11) is 0. The molecule has 0 spiro atoms. The fourth-order valence-electron chi connectivity index (χ4n) is 1.81. The molecule has 0 unspecified atom stereocenters. The van der Waals surface area contributed by atoms with Gasteiger partial charge in [0.25, 0.3) is 0 Å². The number of thiazole rings is 1. The quantitative estimate of drug-likeness (QED) is 0.934. The van der Waals surface area contributed by atoms with Crippen LogP contribution in [-0.4, -0.2) is 20.5 Å². The Morgan fingerprint density at radius 2 is 2.00 bits per heavy atom. The molecule has 0 amide bonds. The van der Waals surface area contributed by atoms with Gasteiger partial charge in [-0.1, -0.05) is 13.8 Å². The largest absolute Gasteiger partial charge is 0.307 e. The molecule has 0 fully saturated rings. The van der Waals surface area contributed by atoms with Gasteiger partial charge < -0.3 is 5.32 Å². The Balaban J connectivity index is 2.29. The highest BCUT2D eigenvalue weighted by atomic mass is 32.1. The molecule has 0 aromatic carbocycles. The van der Waals surface area contributed by atoms with Gasteiger partial charge in [0.05, 0.1) is 11.9 Å². The Morgan fingerprint density at radius 1 is 1.25 bits per heavy atom. The highest BCUT2D eigenvalue weighted by Gasteiger charge is 2.18. The predicted octanol–water partition coefficient (Wildman–Crippen LogP) is 3.61. The summed E-state index contributed by atoms with van der Waals surface area (Å²) in [6.07, 6.45) is 5.16. The van der Waals surface area contributed by atoms with Crippen molar-refractivity contribution < 1.29 is 0 Å². The SMILES string of the molecule is CC(C)c1nc(-c2cnccn2)sc1CNC(C)(C)C. The second kappa shape index (κ2) is 5.97. The monoisotopic (exact) mass is 290 g/mol. The minimum Gasteiger partial charge on any atom is -0.307 e. The van der Waals surface area contributed by atoms with Crippen LogP contribution in [0, 0.1) is 0 Å². The van der Waals surface area contributed by atoms with Gasteiger partial charge in [-0.25, -0.2) is 4.98 Å². The van der Waals surface area contributed by atoms with Crippen molar-refractivity contribution in [2.45, 2.75) is 52.6 Å². The zero-order valence-electron chi connectivity index (χ0n) is 12.8. The molecule has 108 valence electrons. The Labute approximate surface area is 124 Å². The van der Waals surface area contributed by atoms with E-state index in [0.717, 1.165) is 22.9 Å². The van der Waals surface area contributed by atoms with Crippen LogP contribution in [0.2, 0.25) is 0 Å². The maximum Gasteiger partial charge on any atom is 0.144 e. The van der Waals surface area contributed by atoms with Crippen LogP contribution in [0.4, 0.5) is 0 Å². The van der Waals surface area contributed by atoms with E-state index < -0.39 is 0 Å². The van der Waals surface area contributed by atoms with Gasteiger partial charge in [0.15, 0.2) is 0 Å². The summed E-state index contributed by atoms with van der Waals surface area (Å²) in [4.78, 5) is 14.5. The third-order valence-electron chi connectivity index (χ3n) is 2.84. The minimum absolute atomic E-state index is 0.102. The lowest BCUT2D eigenvalue weighted by Crippen LogP contribution is -2.35. The first-order valence-corrected chi connectivity index (χ1v) is 7.69. The highest BCUT2D eigenvalue weighted by molar-refractivity contribution is 7.15. The average molecular weight is 290 g/mol. The van der Waals surface area contributed by atoms with Gasteiger partial charge in [0.1, 0.15) is 10.7 Å². The molecule has 0 aliphatic heterocycles. The molecular formula is C15H22N4S. The third-order valence-corrected chi connectivity index (χ3v) is 3.93. The molecule has 0 aliphatic rings. The van der Waals surface area contributed by atoms with Crippen molar-refractivity contribution in [3.8, 4) is 10.7 Å². The van der Waals surface area contributed by atoms with E-state index in [-0.39, 0.29) is 5.54 Å². The van der Waals surface area contributed by atoms with Crippen LogP contribution in [0.1, 0.15) is 51.1 Å². The van der Waals surface area contributed by atoms with E-state index in [1.165, 1.54) is 4.88 Å². The van der Waals surface area contributed by atoms with Gasteiger partial charge in [-0.05, 0) is 26.7 Å². The van der Waals surface area contributed by atoms with Crippen molar-refractivity contribution in [2.75, 3.05) is 0 Å². The molecule has 0 bridgehead atoms. The van der Waals surface area contributed by atoms with Crippen LogP contribution in [0.5, 0.6) is 0 Å². The zero-order chi connectivity index (χ0) is 14.8. The van der Waals surface area contributed by atoms with E-state index in [4.69, 9.17) is 4.98 Å². The Kier molecular flexibility index (Phi) is 4.50. The molecule has 2 aromatic heterocycles. The molecule has 2 rings (SSSR count). The van der Waals surface area contributed by atoms with Crippen molar-refractivity contribution in [1.29, 1.82) is 0 Å². The summed E-state index contributed by atoms with van der Waals surface area (Å²) in [5.41, 5.74) is 2.11. The van der Waals surface area contributed by atoms with Crippen LogP contribution >= 0.6 is 11.3 Å². The molecule has 0 aliphatic carbocycles. The second-order valence-electron chi connectivity index (χ2n) is 6.18. The summed E-state index contributed by atoms with van der Waals surface area (Å²) in [5.74, 6) is 0.411. The maximum absolute atomic E-state index is 4.76. The summed E-state index contributed by atoms with van der Waals surface area (Å²) in [5, 5.41) is 4.48. The lowest BCUT2D eigenvalue weighted by molar-refractivity contribution is 0.425. The smallest absolute Gasteiger partial charge is 0.144 e. The number of rotatable bonds is 4. The van der Waals surface area contributed by atoms with Crippen molar-refractivity contribution in [3.05, 3.63) is 29.2 Å². The van der Waals surface area contributed by atoms with Gasteiger partial charge >= 0.3 is 0 Å². The molecule has 5 heteroatoms. The maximum atomic E-state index is 4.76. The summed E-state index contributed by atoms with van der Waals surface area (Å²) in [6, 6.07) is 0. The molecule has 0 saturated carbocycles. The normalized spacial score (nSPS) is 12.1. The van der Waals surface area contributed by atoms with E-state index in [0.29, 0.717) is 5.92 Å². The van der Waals surface area contributed by atoms with Crippen LogP contribution in [0.15, 0.2) is 18.6 Å². The topological polar surface area (TPSA) is 50.7 Å². The third kappa shape index (κ3) is 3.84. The number of nitrogens with zero attached hydrogens (tertiary/aromatic N) is 3. The molecule has 2 aromatic rings. The van der Waals surface area contributed by atoms with E-state index in [2.05, 4.69) is 49.9 Å². The Morgan fingerprint density at radius 3 is 2.55 bits per heavy atom. The van der Waals surface area contributed by atoms with Crippen molar-refractivity contribution in [1.82, 2.24) is 20.3 Å². The minimum atomic E-state index is 0.102. The number of aromatic nitrogens is 3. The van der Waals surface area contributed by atoms with Crippen molar-refractivity contribution in [2.24, 2.45) is 0 Å². The number of nitrogens with one attached hydrogen (secondary N) is 1. The van der Waals surface area contributed by atoms with E-state index >= 15 is 0 Å². The zero-order valence-corrected chi connectivity index (χ0v) is 13.6. The molecular weight excluding hydrogens is 268 g/mol. The molecule has 0 radical (unpaired) electrons. The van der Waals surface area contributed by atoms with Gasteiger partial charge in [-0.2, -0.15) is 0 Å². The summed E-state index contributed by atoms with van der Waals surface area (Å²) < 4.78 is 0. The molecule has 0 saturated heterocycles. The van der Waals surface area contributed by atoms with Crippen LogP contribution in [-0.2, 0) is 6.54 Å². The van der Waals surface area contributed by atoms with Crippen LogP contribution in [0.3, 0.4) is 0 Å². The van der Waals surface area contributed by atoms with Crippen LogP contribution in [0.25, 0.3) is 10.7 Å². The number of hydrogen-bond donors (Lipinski definition) is 1. The van der Waals surface area contributed by atoms with Gasteiger partial charge in [-0.15, -0.1) is 11.3 Å². The summed E-state index contributed by atoms with van der Waals surface area (Å²) in [6.45, 7) is 11.7. The Bertz CT molecular complexity index is 555. The molecule has 0 atom stereocenters.